The zero-order valence-corrected chi connectivity index (χ0v) is 12.9. The molecule has 1 N–H and O–H groups in total. The summed E-state index contributed by atoms with van der Waals surface area (Å²) < 4.78 is 5.19. The van der Waals surface area contributed by atoms with Gasteiger partial charge in [0.15, 0.2) is 5.11 Å². The highest BCUT2D eigenvalue weighted by Gasteiger charge is 2.18. The minimum absolute atomic E-state index is 0.0112. The van der Waals surface area contributed by atoms with Crippen LogP contribution in [0.2, 0.25) is 0 Å². The molecule has 0 aromatic heterocycles. The fourth-order valence-electron chi connectivity index (χ4n) is 2.10. The summed E-state index contributed by atoms with van der Waals surface area (Å²) in [5.41, 5.74) is 0.620. The number of nitrogens with one attached hydrogen (secondary N) is 1. The smallest absolute Gasteiger partial charge is 0.273 e. The number of ether oxygens (including phenoxy) is 1. The van der Waals surface area contributed by atoms with Crippen LogP contribution in [0.3, 0.4) is 0 Å². The number of benzene rings is 1. The van der Waals surface area contributed by atoms with Crippen LogP contribution >= 0.6 is 12.2 Å². The van der Waals surface area contributed by atoms with Crippen molar-refractivity contribution in [3.63, 3.8) is 0 Å². The van der Waals surface area contributed by atoms with Gasteiger partial charge in [-0.05, 0) is 25.3 Å². The highest BCUT2D eigenvalue weighted by molar-refractivity contribution is 7.80. The maximum atomic E-state index is 10.8. The molecule has 0 unspecified atom stereocenters. The number of rotatable bonds is 3. The molecule has 0 saturated carbocycles. The molecule has 1 aromatic rings. The molecule has 0 amide bonds. The molecule has 0 bridgehead atoms. The number of likely N-dealkylation sites (N-methyl/N-ethyl adjacent to an activating group) is 1. The highest BCUT2D eigenvalue weighted by Crippen LogP contribution is 2.29. The molecule has 8 heteroatoms. The summed E-state index contributed by atoms with van der Waals surface area (Å²) in [6.45, 7) is 3.63. The van der Waals surface area contributed by atoms with Gasteiger partial charge in [-0.1, -0.05) is 0 Å². The maximum Gasteiger partial charge on any atom is 0.273 e. The van der Waals surface area contributed by atoms with Gasteiger partial charge in [-0.25, -0.2) is 0 Å². The van der Waals surface area contributed by atoms with Gasteiger partial charge in [0.25, 0.3) is 5.69 Å². The predicted molar refractivity (Wildman–Crippen MR) is 84.9 cm³/mol. The van der Waals surface area contributed by atoms with Crippen molar-refractivity contribution < 1.29 is 9.66 Å². The summed E-state index contributed by atoms with van der Waals surface area (Å²) in [5.74, 6) is 0.403. The van der Waals surface area contributed by atoms with E-state index in [2.05, 4.69) is 22.2 Å². The van der Waals surface area contributed by atoms with Gasteiger partial charge in [0.1, 0.15) is 5.75 Å². The Morgan fingerprint density at radius 3 is 2.62 bits per heavy atom. The Labute approximate surface area is 128 Å². The van der Waals surface area contributed by atoms with Crippen molar-refractivity contribution in [1.29, 1.82) is 0 Å². The monoisotopic (exact) mass is 310 g/mol. The molecule has 1 aliphatic heterocycles. The molecule has 0 radical (unpaired) electrons. The molecule has 0 atom stereocenters. The molecule has 0 spiro atoms. The standard InChI is InChI=1S/C13H18N4O3S/c1-15-5-7-16(8-6-15)13(21)14-11-4-3-10(17(18)19)9-12(11)20-2/h3-4,9H,5-8H2,1-2H3,(H,14,21). The van der Waals surface area contributed by atoms with Gasteiger partial charge in [0.2, 0.25) is 0 Å². The van der Waals surface area contributed by atoms with E-state index in [1.54, 1.807) is 6.07 Å². The number of hydrogen-bond donors (Lipinski definition) is 1. The third kappa shape index (κ3) is 3.79. The molecule has 7 nitrogen and oxygen atoms in total. The van der Waals surface area contributed by atoms with Gasteiger partial charge in [-0.15, -0.1) is 0 Å². The largest absolute Gasteiger partial charge is 0.494 e. The number of piperazine rings is 1. The summed E-state index contributed by atoms with van der Waals surface area (Å²) in [6, 6.07) is 4.42. The van der Waals surface area contributed by atoms with Gasteiger partial charge in [0, 0.05) is 32.2 Å². The zero-order valence-electron chi connectivity index (χ0n) is 12.0. The summed E-state index contributed by atoms with van der Waals surface area (Å²) in [6.07, 6.45) is 0. The molecule has 1 fully saturated rings. The molecule has 21 heavy (non-hydrogen) atoms. The zero-order chi connectivity index (χ0) is 15.4. The van der Waals surface area contributed by atoms with Crippen LogP contribution in [-0.2, 0) is 0 Å². The molecule has 1 aliphatic rings. The minimum Gasteiger partial charge on any atom is -0.494 e. The van der Waals surface area contributed by atoms with Crippen LogP contribution < -0.4 is 10.1 Å². The lowest BCUT2D eigenvalue weighted by atomic mass is 10.2. The van der Waals surface area contributed by atoms with E-state index in [4.69, 9.17) is 17.0 Å². The molecular weight excluding hydrogens is 292 g/mol. The summed E-state index contributed by atoms with van der Waals surface area (Å²) in [4.78, 5) is 14.6. The molecule has 1 heterocycles. The van der Waals surface area contributed by atoms with Crippen LogP contribution in [0.5, 0.6) is 5.75 Å². The second-order valence-corrected chi connectivity index (χ2v) is 5.25. The van der Waals surface area contributed by atoms with Crippen molar-refractivity contribution in [2.45, 2.75) is 0 Å². The van der Waals surface area contributed by atoms with Crippen molar-refractivity contribution >= 4 is 28.7 Å². The number of nitro groups is 1. The van der Waals surface area contributed by atoms with Crippen molar-refractivity contribution in [3.8, 4) is 5.75 Å². The number of nitrogens with zero attached hydrogens (tertiary/aromatic N) is 3. The first-order chi connectivity index (χ1) is 10.0. The molecule has 114 valence electrons. The molecule has 2 rings (SSSR count). The number of nitro benzene ring substituents is 1. The second-order valence-electron chi connectivity index (χ2n) is 4.86. The van der Waals surface area contributed by atoms with Crippen LogP contribution in [0, 0.1) is 10.1 Å². The van der Waals surface area contributed by atoms with Crippen molar-refractivity contribution in [2.24, 2.45) is 0 Å². The van der Waals surface area contributed by atoms with E-state index in [0.717, 1.165) is 26.2 Å². The first kappa shape index (κ1) is 15.5. The Hall–Kier alpha value is -1.93. The lowest BCUT2D eigenvalue weighted by Gasteiger charge is -2.34. The fourth-order valence-corrected chi connectivity index (χ4v) is 2.39. The fraction of sp³-hybridized carbons (Fsp3) is 0.462. The van der Waals surface area contributed by atoms with Crippen molar-refractivity contribution in [3.05, 3.63) is 28.3 Å². The Kier molecular flexibility index (Phi) is 4.92. The van der Waals surface area contributed by atoms with Crippen LogP contribution in [0.4, 0.5) is 11.4 Å². The normalized spacial score (nSPS) is 15.6. The molecule has 1 aromatic carbocycles. The third-order valence-electron chi connectivity index (χ3n) is 3.43. The quantitative estimate of drug-likeness (QED) is 0.516. The van der Waals surface area contributed by atoms with Gasteiger partial charge in [-0.2, -0.15) is 0 Å². The lowest BCUT2D eigenvalue weighted by Crippen LogP contribution is -2.48. The van der Waals surface area contributed by atoms with E-state index in [0.29, 0.717) is 16.5 Å². The Morgan fingerprint density at radius 1 is 1.38 bits per heavy atom. The number of hydrogen-bond acceptors (Lipinski definition) is 5. The van der Waals surface area contributed by atoms with E-state index in [1.807, 2.05) is 0 Å². The topological polar surface area (TPSA) is 70.9 Å². The van der Waals surface area contributed by atoms with Gasteiger partial charge in [0.05, 0.1) is 23.8 Å². The van der Waals surface area contributed by atoms with E-state index in [1.165, 1.54) is 19.2 Å². The van der Waals surface area contributed by atoms with E-state index >= 15 is 0 Å². The predicted octanol–water partition coefficient (Wildman–Crippen LogP) is 1.55. The molecule has 1 saturated heterocycles. The summed E-state index contributed by atoms with van der Waals surface area (Å²) in [7, 11) is 3.55. The molecular formula is C13H18N4O3S. The minimum atomic E-state index is -0.453. The van der Waals surface area contributed by atoms with Crippen molar-refractivity contribution in [1.82, 2.24) is 9.80 Å². The van der Waals surface area contributed by atoms with E-state index < -0.39 is 4.92 Å². The summed E-state index contributed by atoms with van der Waals surface area (Å²) in [5, 5.41) is 14.5. The SMILES string of the molecule is COc1cc([N+](=O)[O-])ccc1NC(=S)N1CCN(C)CC1. The Balaban J connectivity index is 2.08. The highest BCUT2D eigenvalue weighted by atomic mass is 32.1. The molecule has 0 aliphatic carbocycles. The number of thiocarbonyl (C=S) groups is 1. The average Bonchev–Trinajstić information content (AvgIpc) is 2.48. The van der Waals surface area contributed by atoms with Crippen LogP contribution in [0.1, 0.15) is 0 Å². The van der Waals surface area contributed by atoms with Gasteiger partial charge in [-0.3, -0.25) is 10.1 Å². The van der Waals surface area contributed by atoms with Crippen LogP contribution in [-0.4, -0.2) is 60.2 Å². The Morgan fingerprint density at radius 2 is 2.05 bits per heavy atom. The van der Waals surface area contributed by atoms with E-state index in [-0.39, 0.29) is 5.69 Å². The maximum absolute atomic E-state index is 10.8. The first-order valence-corrected chi connectivity index (χ1v) is 6.99. The number of methoxy groups -OCH3 is 1. The number of anilines is 1. The Bertz CT molecular complexity index is 544. The lowest BCUT2D eigenvalue weighted by molar-refractivity contribution is -0.384. The first-order valence-electron chi connectivity index (χ1n) is 6.58. The third-order valence-corrected chi connectivity index (χ3v) is 3.79. The van der Waals surface area contributed by atoms with Crippen LogP contribution in [0.15, 0.2) is 18.2 Å². The van der Waals surface area contributed by atoms with Gasteiger partial charge >= 0.3 is 0 Å². The van der Waals surface area contributed by atoms with E-state index in [9.17, 15) is 10.1 Å². The van der Waals surface area contributed by atoms with Gasteiger partial charge < -0.3 is 19.9 Å². The van der Waals surface area contributed by atoms with Crippen molar-refractivity contribution in [2.75, 3.05) is 45.7 Å². The number of non-ortho nitro benzene ring substituents is 1. The second kappa shape index (κ2) is 6.68. The average molecular weight is 310 g/mol. The van der Waals surface area contributed by atoms with Crippen LogP contribution in [0.25, 0.3) is 0 Å². The summed E-state index contributed by atoms with van der Waals surface area (Å²) >= 11 is 5.39.